The molecule has 0 amide bonds. The maximum Gasteiger partial charge on any atom is 0.338 e. The third-order valence-corrected chi connectivity index (χ3v) is 6.43. The monoisotopic (exact) mass is 432 g/mol. The largest absolute Gasteiger partial charge is 0.457 e. The van der Waals surface area contributed by atoms with Gasteiger partial charge in [-0.05, 0) is 52.9 Å². The molecule has 0 saturated carbocycles. The van der Waals surface area contributed by atoms with Gasteiger partial charge in [0.05, 0.1) is 29.1 Å². The molecule has 0 unspecified atom stereocenters. The summed E-state index contributed by atoms with van der Waals surface area (Å²) in [6.45, 7) is 0.500. The summed E-state index contributed by atoms with van der Waals surface area (Å²) >= 11 is 0. The predicted molar refractivity (Wildman–Crippen MR) is 118 cm³/mol. The van der Waals surface area contributed by atoms with Crippen LogP contribution in [-0.2, 0) is 27.8 Å². The molecule has 1 aliphatic heterocycles. The quantitative estimate of drug-likeness (QED) is 0.571. The molecule has 4 rings (SSSR count). The number of nitrogens with zero attached hydrogens (tertiary/aromatic N) is 2. The summed E-state index contributed by atoms with van der Waals surface area (Å²) in [5.41, 5.74) is 5.04. The Kier molecular flexibility index (Phi) is 5.49. The second-order valence-corrected chi connectivity index (χ2v) is 9.27. The van der Waals surface area contributed by atoms with Crippen LogP contribution in [0.25, 0.3) is 11.1 Å². The van der Waals surface area contributed by atoms with Crippen molar-refractivity contribution in [2.45, 2.75) is 13.0 Å². The summed E-state index contributed by atoms with van der Waals surface area (Å²) in [6, 6.07) is 22.0. The number of carbonyl (C=O) groups excluding carboxylic acids is 1. The van der Waals surface area contributed by atoms with Crippen LogP contribution in [0.15, 0.2) is 66.7 Å². The van der Waals surface area contributed by atoms with Crippen molar-refractivity contribution in [3.8, 4) is 17.2 Å². The lowest BCUT2D eigenvalue weighted by molar-refractivity contribution is 0.0472. The van der Waals surface area contributed by atoms with E-state index >= 15 is 0 Å². The predicted octanol–water partition coefficient (Wildman–Crippen LogP) is 3.90. The molecule has 3 aromatic rings. The van der Waals surface area contributed by atoms with Gasteiger partial charge in [0.15, 0.2) is 0 Å². The molecule has 1 aliphatic rings. The summed E-state index contributed by atoms with van der Waals surface area (Å²) in [4.78, 5) is 12.5. The SMILES string of the molecule is CS(=O)(=O)N1CCc2cc(C(=O)OCc3ccc(-c4ccccc4C#N)cc3)ccc21. The Hall–Kier alpha value is -3.63. The van der Waals surface area contributed by atoms with E-state index in [0.717, 1.165) is 22.3 Å². The number of rotatable bonds is 5. The first-order valence-electron chi connectivity index (χ1n) is 9.73. The Labute approximate surface area is 181 Å². The summed E-state index contributed by atoms with van der Waals surface area (Å²) < 4.78 is 30.5. The van der Waals surface area contributed by atoms with Crippen LogP contribution in [0.2, 0.25) is 0 Å². The number of ether oxygens (including phenoxy) is 1. The number of nitriles is 1. The van der Waals surface area contributed by atoms with Crippen LogP contribution in [0.5, 0.6) is 0 Å². The zero-order valence-electron chi connectivity index (χ0n) is 16.9. The Bertz CT molecular complexity index is 1290. The Morgan fingerprint density at radius 2 is 1.84 bits per heavy atom. The number of anilines is 1. The number of fused-ring (bicyclic) bond motifs is 1. The molecule has 0 fully saturated rings. The minimum absolute atomic E-state index is 0.117. The van der Waals surface area contributed by atoms with Gasteiger partial charge in [0.1, 0.15) is 6.61 Å². The van der Waals surface area contributed by atoms with Crippen LogP contribution >= 0.6 is 0 Å². The first-order valence-corrected chi connectivity index (χ1v) is 11.6. The molecular formula is C24H20N2O4S. The van der Waals surface area contributed by atoms with Crippen LogP contribution in [0.3, 0.4) is 0 Å². The standard InChI is InChI=1S/C24H20N2O4S/c1-31(28,29)26-13-12-19-14-20(10-11-23(19)26)24(27)30-16-17-6-8-18(9-7-17)22-5-3-2-4-21(22)15-25/h2-11,14H,12-13,16H2,1H3. The maximum absolute atomic E-state index is 12.5. The van der Waals surface area contributed by atoms with Gasteiger partial charge in [-0.15, -0.1) is 0 Å². The number of hydrogen-bond acceptors (Lipinski definition) is 5. The molecule has 0 aromatic heterocycles. The topological polar surface area (TPSA) is 87.5 Å². The highest BCUT2D eigenvalue weighted by Crippen LogP contribution is 2.31. The summed E-state index contributed by atoms with van der Waals surface area (Å²) in [5, 5.41) is 9.26. The lowest BCUT2D eigenvalue weighted by atomic mass is 9.99. The molecule has 0 spiro atoms. The average molecular weight is 433 g/mol. The number of sulfonamides is 1. The van der Waals surface area contributed by atoms with Crippen molar-refractivity contribution in [1.82, 2.24) is 0 Å². The lowest BCUT2D eigenvalue weighted by Crippen LogP contribution is -2.27. The van der Waals surface area contributed by atoms with Gasteiger partial charge in [0.2, 0.25) is 10.0 Å². The smallest absolute Gasteiger partial charge is 0.338 e. The second kappa shape index (κ2) is 8.25. The van der Waals surface area contributed by atoms with Gasteiger partial charge in [-0.2, -0.15) is 5.26 Å². The zero-order chi connectivity index (χ0) is 22.0. The normalized spacial score (nSPS) is 12.8. The molecule has 6 nitrogen and oxygen atoms in total. The number of esters is 1. The van der Waals surface area contributed by atoms with Gasteiger partial charge in [-0.25, -0.2) is 13.2 Å². The molecule has 31 heavy (non-hydrogen) atoms. The first kappa shape index (κ1) is 20.6. The van der Waals surface area contributed by atoms with Gasteiger partial charge in [-0.1, -0.05) is 42.5 Å². The minimum atomic E-state index is -3.32. The van der Waals surface area contributed by atoms with E-state index in [1.54, 1.807) is 24.3 Å². The molecule has 3 aromatic carbocycles. The van der Waals surface area contributed by atoms with Crippen molar-refractivity contribution in [2.75, 3.05) is 17.1 Å². The fourth-order valence-electron chi connectivity index (χ4n) is 3.69. The molecule has 7 heteroatoms. The van der Waals surface area contributed by atoms with E-state index in [1.807, 2.05) is 42.5 Å². The zero-order valence-corrected chi connectivity index (χ0v) is 17.7. The summed E-state index contributed by atoms with van der Waals surface area (Å²) in [6.07, 6.45) is 1.74. The lowest BCUT2D eigenvalue weighted by Gasteiger charge is -2.16. The van der Waals surface area contributed by atoms with Crippen LogP contribution in [0.4, 0.5) is 5.69 Å². The van der Waals surface area contributed by atoms with Gasteiger partial charge < -0.3 is 4.74 Å². The van der Waals surface area contributed by atoms with Crippen LogP contribution in [0, 0.1) is 11.3 Å². The Morgan fingerprint density at radius 1 is 1.10 bits per heavy atom. The fourth-order valence-corrected chi connectivity index (χ4v) is 4.65. The third kappa shape index (κ3) is 4.30. The highest BCUT2D eigenvalue weighted by atomic mass is 32.2. The van der Waals surface area contributed by atoms with E-state index in [2.05, 4.69) is 6.07 Å². The van der Waals surface area contributed by atoms with E-state index in [1.165, 1.54) is 10.6 Å². The first-order chi connectivity index (χ1) is 14.9. The molecule has 0 atom stereocenters. The molecular weight excluding hydrogens is 412 g/mol. The molecule has 0 aliphatic carbocycles. The average Bonchev–Trinajstić information content (AvgIpc) is 3.21. The van der Waals surface area contributed by atoms with Crippen LogP contribution in [-0.4, -0.2) is 27.2 Å². The van der Waals surface area contributed by atoms with Crippen molar-refractivity contribution < 1.29 is 17.9 Å². The van der Waals surface area contributed by atoms with Crippen molar-refractivity contribution in [1.29, 1.82) is 5.26 Å². The second-order valence-electron chi connectivity index (χ2n) is 7.36. The van der Waals surface area contributed by atoms with Gasteiger partial charge in [-0.3, -0.25) is 4.31 Å². The summed E-state index contributed by atoms with van der Waals surface area (Å²) in [7, 11) is -3.32. The Morgan fingerprint density at radius 3 is 2.55 bits per heavy atom. The van der Waals surface area contributed by atoms with E-state index in [0.29, 0.717) is 29.8 Å². The molecule has 0 radical (unpaired) electrons. The highest BCUT2D eigenvalue weighted by molar-refractivity contribution is 7.92. The number of hydrogen-bond donors (Lipinski definition) is 0. The van der Waals surface area contributed by atoms with Gasteiger partial charge in [0.25, 0.3) is 0 Å². The molecule has 156 valence electrons. The number of carbonyl (C=O) groups is 1. The van der Waals surface area contributed by atoms with Crippen LogP contribution < -0.4 is 4.31 Å². The van der Waals surface area contributed by atoms with E-state index < -0.39 is 16.0 Å². The fraction of sp³-hybridized carbons (Fsp3) is 0.167. The van der Waals surface area contributed by atoms with Crippen molar-refractivity contribution >= 4 is 21.7 Å². The highest BCUT2D eigenvalue weighted by Gasteiger charge is 2.27. The molecule has 0 bridgehead atoms. The molecule has 0 N–H and O–H groups in total. The van der Waals surface area contributed by atoms with Gasteiger partial charge in [0, 0.05) is 6.54 Å². The summed E-state index contributed by atoms with van der Waals surface area (Å²) in [5.74, 6) is -0.459. The van der Waals surface area contributed by atoms with Crippen molar-refractivity contribution in [3.63, 3.8) is 0 Å². The molecule has 0 saturated heterocycles. The third-order valence-electron chi connectivity index (χ3n) is 5.25. The van der Waals surface area contributed by atoms with E-state index in [4.69, 9.17) is 4.74 Å². The van der Waals surface area contributed by atoms with Crippen molar-refractivity contribution in [3.05, 3.63) is 89.0 Å². The Balaban J connectivity index is 1.43. The van der Waals surface area contributed by atoms with Crippen LogP contribution in [0.1, 0.15) is 27.0 Å². The maximum atomic E-state index is 12.5. The van der Waals surface area contributed by atoms with E-state index in [-0.39, 0.29) is 6.61 Å². The van der Waals surface area contributed by atoms with E-state index in [9.17, 15) is 18.5 Å². The number of benzene rings is 3. The van der Waals surface area contributed by atoms with Gasteiger partial charge >= 0.3 is 5.97 Å². The van der Waals surface area contributed by atoms with Crippen molar-refractivity contribution in [2.24, 2.45) is 0 Å². The minimum Gasteiger partial charge on any atom is -0.457 e. The molecule has 1 heterocycles.